The average molecular weight is 248 g/mol. The number of aliphatic hydroxyl groups excluding tert-OH is 1. The number of benzene rings is 1. The summed E-state index contributed by atoms with van der Waals surface area (Å²) in [5, 5.41) is 20.5. The Labute approximate surface area is 106 Å². The van der Waals surface area contributed by atoms with E-state index >= 15 is 0 Å². The van der Waals surface area contributed by atoms with Crippen LogP contribution < -0.4 is 10.1 Å². The van der Waals surface area contributed by atoms with Crippen molar-refractivity contribution in [3.8, 4) is 11.8 Å². The Bertz CT molecular complexity index is 464. The lowest BCUT2D eigenvalue weighted by atomic mass is 10.2. The van der Waals surface area contributed by atoms with Crippen molar-refractivity contribution in [2.24, 2.45) is 0 Å². The lowest BCUT2D eigenvalue weighted by molar-refractivity contribution is -0.116. The van der Waals surface area contributed by atoms with Gasteiger partial charge in [0.2, 0.25) is 5.91 Å². The Balaban J connectivity index is 2.72. The second-order valence-electron chi connectivity index (χ2n) is 3.96. The standard InChI is InChI=1S/C13H16N2O3/c1-9(16)3-6-13(17)15-11-5-4-10(8-14)7-12(11)18-2/h4-5,7,9,16H,3,6H2,1-2H3,(H,15,17). The van der Waals surface area contributed by atoms with Gasteiger partial charge >= 0.3 is 0 Å². The number of nitriles is 1. The molecular weight excluding hydrogens is 232 g/mol. The van der Waals surface area contributed by atoms with E-state index in [1.807, 2.05) is 6.07 Å². The monoisotopic (exact) mass is 248 g/mol. The third kappa shape index (κ3) is 4.07. The van der Waals surface area contributed by atoms with Crippen molar-refractivity contribution in [3.05, 3.63) is 23.8 Å². The van der Waals surface area contributed by atoms with Gasteiger partial charge in [0.25, 0.3) is 0 Å². The fourth-order valence-electron chi connectivity index (χ4n) is 1.42. The molecule has 5 heteroatoms. The largest absolute Gasteiger partial charge is 0.495 e. The highest BCUT2D eigenvalue weighted by molar-refractivity contribution is 5.92. The normalized spacial score (nSPS) is 11.4. The SMILES string of the molecule is COc1cc(C#N)ccc1NC(=O)CCC(C)O. The number of nitrogens with one attached hydrogen (secondary N) is 1. The van der Waals surface area contributed by atoms with Crippen molar-refractivity contribution in [2.75, 3.05) is 12.4 Å². The number of amides is 1. The molecule has 1 rings (SSSR count). The van der Waals surface area contributed by atoms with Gasteiger partial charge in [-0.25, -0.2) is 0 Å². The number of rotatable bonds is 5. The van der Waals surface area contributed by atoms with Gasteiger partial charge in [0.15, 0.2) is 0 Å². The maximum atomic E-state index is 11.6. The first-order valence-electron chi connectivity index (χ1n) is 5.63. The van der Waals surface area contributed by atoms with Gasteiger partial charge in [-0.05, 0) is 25.5 Å². The molecule has 18 heavy (non-hydrogen) atoms. The molecule has 1 aromatic carbocycles. The van der Waals surface area contributed by atoms with E-state index in [9.17, 15) is 4.79 Å². The molecule has 0 spiro atoms. The van der Waals surface area contributed by atoms with Crippen LogP contribution in [0.2, 0.25) is 0 Å². The van der Waals surface area contributed by atoms with Gasteiger partial charge in [-0.15, -0.1) is 0 Å². The summed E-state index contributed by atoms with van der Waals surface area (Å²) in [5.41, 5.74) is 0.987. The van der Waals surface area contributed by atoms with Gasteiger partial charge in [-0.3, -0.25) is 4.79 Å². The first kappa shape index (κ1) is 14.0. The van der Waals surface area contributed by atoms with Crippen LogP contribution in [0.4, 0.5) is 5.69 Å². The summed E-state index contributed by atoms with van der Waals surface area (Å²) in [7, 11) is 1.47. The van der Waals surface area contributed by atoms with Crippen LogP contribution in [-0.2, 0) is 4.79 Å². The number of carbonyl (C=O) groups is 1. The number of anilines is 1. The van der Waals surface area contributed by atoms with Gasteiger partial charge in [-0.2, -0.15) is 5.26 Å². The van der Waals surface area contributed by atoms with Crippen molar-refractivity contribution in [2.45, 2.75) is 25.9 Å². The van der Waals surface area contributed by atoms with Gasteiger partial charge in [0.1, 0.15) is 5.75 Å². The molecular formula is C13H16N2O3. The van der Waals surface area contributed by atoms with Crippen LogP contribution in [-0.4, -0.2) is 24.2 Å². The molecule has 0 saturated heterocycles. The van der Waals surface area contributed by atoms with Crippen LogP contribution in [0.15, 0.2) is 18.2 Å². The number of aliphatic hydroxyl groups is 1. The molecule has 0 bridgehead atoms. The maximum Gasteiger partial charge on any atom is 0.224 e. The highest BCUT2D eigenvalue weighted by atomic mass is 16.5. The number of ether oxygens (including phenoxy) is 1. The number of nitrogens with zero attached hydrogens (tertiary/aromatic N) is 1. The minimum Gasteiger partial charge on any atom is -0.495 e. The minimum absolute atomic E-state index is 0.195. The first-order chi connectivity index (χ1) is 8.56. The molecule has 1 aromatic rings. The van der Waals surface area contributed by atoms with Crippen molar-refractivity contribution < 1.29 is 14.6 Å². The van der Waals surface area contributed by atoms with Gasteiger partial charge in [0, 0.05) is 12.5 Å². The van der Waals surface area contributed by atoms with Gasteiger partial charge < -0.3 is 15.2 Å². The fraction of sp³-hybridized carbons (Fsp3) is 0.385. The summed E-state index contributed by atoms with van der Waals surface area (Å²) in [4.78, 5) is 11.6. The molecule has 96 valence electrons. The Morgan fingerprint density at radius 1 is 1.61 bits per heavy atom. The maximum absolute atomic E-state index is 11.6. The molecule has 0 aliphatic carbocycles. The molecule has 0 heterocycles. The Morgan fingerprint density at radius 2 is 2.33 bits per heavy atom. The van der Waals surface area contributed by atoms with Crippen LogP contribution >= 0.6 is 0 Å². The van der Waals surface area contributed by atoms with Crippen LogP contribution in [0.5, 0.6) is 5.75 Å². The van der Waals surface area contributed by atoms with E-state index < -0.39 is 6.10 Å². The lowest BCUT2D eigenvalue weighted by Crippen LogP contribution is -2.14. The summed E-state index contributed by atoms with van der Waals surface area (Å²) in [6.07, 6.45) is 0.143. The fourth-order valence-corrected chi connectivity index (χ4v) is 1.42. The average Bonchev–Trinajstić information content (AvgIpc) is 2.36. The summed E-state index contributed by atoms with van der Waals surface area (Å²) in [6.45, 7) is 1.63. The number of methoxy groups -OCH3 is 1. The smallest absolute Gasteiger partial charge is 0.224 e. The first-order valence-corrected chi connectivity index (χ1v) is 5.63. The molecule has 0 fully saturated rings. The molecule has 0 aliphatic rings. The molecule has 2 N–H and O–H groups in total. The lowest BCUT2D eigenvalue weighted by Gasteiger charge is -2.10. The Morgan fingerprint density at radius 3 is 2.89 bits per heavy atom. The zero-order valence-electron chi connectivity index (χ0n) is 10.4. The van der Waals surface area contributed by atoms with Crippen LogP contribution in [0.3, 0.4) is 0 Å². The van der Waals surface area contributed by atoms with E-state index in [4.69, 9.17) is 15.1 Å². The highest BCUT2D eigenvalue weighted by Gasteiger charge is 2.09. The summed E-state index contributed by atoms with van der Waals surface area (Å²) >= 11 is 0. The molecule has 0 radical (unpaired) electrons. The highest BCUT2D eigenvalue weighted by Crippen LogP contribution is 2.25. The summed E-state index contributed by atoms with van der Waals surface area (Å²) < 4.78 is 5.10. The van der Waals surface area contributed by atoms with Gasteiger partial charge in [-0.1, -0.05) is 0 Å². The van der Waals surface area contributed by atoms with E-state index in [0.717, 1.165) is 0 Å². The molecule has 1 atom stereocenters. The third-order valence-corrected chi connectivity index (χ3v) is 2.39. The predicted octanol–water partition coefficient (Wildman–Crippen LogP) is 1.67. The van der Waals surface area contributed by atoms with E-state index in [-0.39, 0.29) is 12.3 Å². The molecule has 1 unspecified atom stereocenters. The quantitative estimate of drug-likeness (QED) is 0.830. The van der Waals surface area contributed by atoms with E-state index in [1.165, 1.54) is 7.11 Å². The minimum atomic E-state index is -0.501. The number of hydrogen-bond acceptors (Lipinski definition) is 4. The topological polar surface area (TPSA) is 82.3 Å². The van der Waals surface area contributed by atoms with Crippen molar-refractivity contribution >= 4 is 11.6 Å². The second-order valence-corrected chi connectivity index (χ2v) is 3.96. The van der Waals surface area contributed by atoms with Crippen LogP contribution in [0, 0.1) is 11.3 Å². The Kier molecular flexibility index (Phi) is 5.15. The van der Waals surface area contributed by atoms with Crippen LogP contribution in [0.25, 0.3) is 0 Å². The third-order valence-electron chi connectivity index (χ3n) is 2.39. The summed E-state index contributed by atoms with van der Waals surface area (Å²) in [5.74, 6) is 0.248. The molecule has 1 amide bonds. The molecule has 5 nitrogen and oxygen atoms in total. The van der Waals surface area contributed by atoms with E-state index in [2.05, 4.69) is 5.32 Å². The molecule has 0 aliphatic heterocycles. The van der Waals surface area contributed by atoms with Crippen molar-refractivity contribution in [3.63, 3.8) is 0 Å². The van der Waals surface area contributed by atoms with E-state index in [0.29, 0.717) is 23.4 Å². The van der Waals surface area contributed by atoms with Crippen LogP contribution in [0.1, 0.15) is 25.3 Å². The molecule has 0 saturated carbocycles. The second kappa shape index (κ2) is 6.62. The summed E-state index contributed by atoms with van der Waals surface area (Å²) in [6, 6.07) is 6.78. The zero-order valence-corrected chi connectivity index (χ0v) is 10.4. The van der Waals surface area contributed by atoms with Gasteiger partial charge in [0.05, 0.1) is 30.5 Å². The number of carbonyl (C=O) groups excluding carboxylic acids is 1. The molecule has 0 aromatic heterocycles. The van der Waals surface area contributed by atoms with Crippen molar-refractivity contribution in [1.29, 1.82) is 5.26 Å². The Hall–Kier alpha value is -2.06. The van der Waals surface area contributed by atoms with E-state index in [1.54, 1.807) is 25.1 Å². The zero-order chi connectivity index (χ0) is 13.5. The predicted molar refractivity (Wildman–Crippen MR) is 67.3 cm³/mol. The number of hydrogen-bond donors (Lipinski definition) is 2. The van der Waals surface area contributed by atoms with Crippen molar-refractivity contribution in [1.82, 2.24) is 0 Å².